The third-order valence-electron chi connectivity index (χ3n) is 4.10. The molecule has 0 atom stereocenters. The van der Waals surface area contributed by atoms with E-state index >= 15 is 0 Å². The van der Waals surface area contributed by atoms with Crippen molar-refractivity contribution >= 4 is 40.2 Å². The second kappa shape index (κ2) is 6.45. The zero-order valence-electron chi connectivity index (χ0n) is 13.7. The van der Waals surface area contributed by atoms with Gasteiger partial charge in [-0.25, -0.2) is 0 Å². The van der Waals surface area contributed by atoms with Crippen molar-refractivity contribution in [2.45, 2.75) is 41.5 Å². The van der Waals surface area contributed by atoms with E-state index in [1.165, 1.54) is 28.9 Å². The molecule has 0 fully saturated rings. The molecule has 2 aromatic rings. The van der Waals surface area contributed by atoms with Gasteiger partial charge in [0, 0.05) is 0 Å². The van der Waals surface area contributed by atoms with E-state index in [0.717, 1.165) is 11.1 Å². The fraction of sp³-hybridized carbons (Fsp3) is 0.333. The van der Waals surface area contributed by atoms with Crippen LogP contribution in [-0.4, -0.2) is 29.0 Å². The average Bonchev–Trinajstić information content (AvgIpc) is 2.86. The Labute approximate surface area is 144 Å². The first kappa shape index (κ1) is 17.1. The first-order valence-electron chi connectivity index (χ1n) is 7.01. The molecule has 0 radical (unpaired) electrons. The number of allylic oxidation sites excluding steroid dienone is 2. The van der Waals surface area contributed by atoms with Crippen LogP contribution >= 0.6 is 0 Å². The Morgan fingerprint density at radius 3 is 1.14 bits per heavy atom. The summed E-state index contributed by atoms with van der Waals surface area (Å²) in [5.41, 5.74) is 5.53. The summed E-state index contributed by atoms with van der Waals surface area (Å²) in [6.07, 6.45) is 0. The maximum absolute atomic E-state index is 9.77. The molecule has 0 aliphatic rings. The number of nitriles is 2. The van der Waals surface area contributed by atoms with Crippen molar-refractivity contribution in [1.29, 1.82) is 10.5 Å². The van der Waals surface area contributed by atoms with Crippen LogP contribution in [0.5, 0.6) is 0 Å². The molecular formula is C18H18N2Se2. The zero-order valence-corrected chi connectivity index (χ0v) is 17.1. The molecule has 112 valence electrons. The van der Waals surface area contributed by atoms with Crippen molar-refractivity contribution in [3.8, 4) is 12.1 Å². The Morgan fingerprint density at radius 1 is 0.636 bits per heavy atom. The first-order valence-corrected chi connectivity index (χ1v) is 10.4. The molecule has 0 bridgehead atoms. The van der Waals surface area contributed by atoms with E-state index in [-0.39, 0.29) is 0 Å². The van der Waals surface area contributed by atoms with Gasteiger partial charge in [0.2, 0.25) is 0 Å². The third-order valence-corrected chi connectivity index (χ3v) is 8.81. The van der Waals surface area contributed by atoms with Gasteiger partial charge in [-0.3, -0.25) is 0 Å². The predicted molar refractivity (Wildman–Crippen MR) is 93.2 cm³/mol. The molecule has 0 unspecified atom stereocenters. The molecule has 0 aliphatic heterocycles. The van der Waals surface area contributed by atoms with Crippen LogP contribution in [0.3, 0.4) is 0 Å². The van der Waals surface area contributed by atoms with Gasteiger partial charge in [-0.2, -0.15) is 0 Å². The van der Waals surface area contributed by atoms with Crippen molar-refractivity contribution in [3.63, 3.8) is 0 Å². The summed E-state index contributed by atoms with van der Waals surface area (Å²) in [4.78, 5) is 0. The molecule has 0 N–H and O–H groups in total. The molecule has 0 saturated heterocycles. The maximum atomic E-state index is 9.77. The second-order valence-electron chi connectivity index (χ2n) is 5.40. The van der Waals surface area contributed by atoms with Crippen LogP contribution in [0.25, 0.3) is 11.1 Å². The van der Waals surface area contributed by atoms with Crippen LogP contribution < -0.4 is 0 Å². The summed E-state index contributed by atoms with van der Waals surface area (Å²) in [6.45, 7) is 12.6. The fourth-order valence-corrected chi connectivity index (χ4v) is 7.29. The van der Waals surface area contributed by atoms with Gasteiger partial charge in [0.05, 0.1) is 0 Å². The van der Waals surface area contributed by atoms with Crippen LogP contribution in [-0.2, 0) is 0 Å². The van der Waals surface area contributed by atoms with Crippen molar-refractivity contribution < 1.29 is 0 Å². The topological polar surface area (TPSA) is 47.6 Å². The number of hydrogen-bond acceptors (Lipinski definition) is 2. The van der Waals surface area contributed by atoms with Crippen LogP contribution in [0.2, 0.25) is 0 Å². The van der Waals surface area contributed by atoms with Gasteiger partial charge in [-0.1, -0.05) is 0 Å². The third kappa shape index (κ3) is 2.69. The summed E-state index contributed by atoms with van der Waals surface area (Å²) in [5.74, 6) is 0. The van der Waals surface area contributed by atoms with E-state index in [9.17, 15) is 10.5 Å². The van der Waals surface area contributed by atoms with Gasteiger partial charge in [0.25, 0.3) is 0 Å². The van der Waals surface area contributed by atoms with Gasteiger partial charge < -0.3 is 0 Å². The SMILES string of the molecule is Cc1[se]c(C)c(/C(C#N)=C(/C#N)c2c(C)[se]c(C)c2C)c1C. The van der Waals surface area contributed by atoms with Crippen LogP contribution in [0.1, 0.15) is 40.0 Å². The van der Waals surface area contributed by atoms with Crippen LogP contribution in [0, 0.1) is 64.2 Å². The normalized spacial score (nSPS) is 11.8. The number of hydrogen-bond donors (Lipinski definition) is 0. The Balaban J connectivity index is 2.87. The molecule has 2 heterocycles. The van der Waals surface area contributed by atoms with Crippen molar-refractivity contribution in [1.82, 2.24) is 0 Å². The molecule has 2 nitrogen and oxygen atoms in total. The summed E-state index contributed by atoms with van der Waals surface area (Å²) >= 11 is 0.623. The molecule has 0 saturated carbocycles. The Hall–Kier alpha value is -1.28. The van der Waals surface area contributed by atoms with E-state index in [1.54, 1.807) is 0 Å². The van der Waals surface area contributed by atoms with Gasteiger partial charge in [0.1, 0.15) is 0 Å². The van der Waals surface area contributed by atoms with Crippen LogP contribution in [0.15, 0.2) is 0 Å². The zero-order chi connectivity index (χ0) is 16.6. The van der Waals surface area contributed by atoms with Gasteiger partial charge in [-0.15, -0.1) is 0 Å². The van der Waals surface area contributed by atoms with E-state index in [0.29, 0.717) is 40.2 Å². The Kier molecular flexibility index (Phi) is 5.01. The van der Waals surface area contributed by atoms with E-state index in [2.05, 4.69) is 53.7 Å². The van der Waals surface area contributed by atoms with Crippen LogP contribution in [0.4, 0.5) is 0 Å². The minimum atomic E-state index is 0.311. The van der Waals surface area contributed by atoms with Crippen molar-refractivity contribution in [2.24, 2.45) is 0 Å². The van der Waals surface area contributed by atoms with Crippen molar-refractivity contribution in [2.75, 3.05) is 0 Å². The molecule has 0 spiro atoms. The van der Waals surface area contributed by atoms with E-state index in [1.807, 2.05) is 0 Å². The van der Waals surface area contributed by atoms with E-state index < -0.39 is 0 Å². The van der Waals surface area contributed by atoms with Crippen molar-refractivity contribution in [3.05, 3.63) is 40.0 Å². The molecule has 0 amide bonds. The molecular weight excluding hydrogens is 402 g/mol. The Bertz CT molecular complexity index is 792. The molecule has 4 heteroatoms. The summed E-state index contributed by atoms with van der Waals surface area (Å²) in [6, 6.07) is 4.67. The van der Waals surface area contributed by atoms with Gasteiger partial charge in [0.15, 0.2) is 0 Å². The molecule has 0 aromatic carbocycles. The predicted octanol–water partition coefficient (Wildman–Crippen LogP) is 3.61. The molecule has 22 heavy (non-hydrogen) atoms. The molecule has 0 aliphatic carbocycles. The van der Waals surface area contributed by atoms with Gasteiger partial charge in [-0.05, 0) is 0 Å². The quantitative estimate of drug-likeness (QED) is 0.551. The minimum absolute atomic E-state index is 0.311. The van der Waals surface area contributed by atoms with E-state index in [4.69, 9.17) is 0 Å². The summed E-state index contributed by atoms with van der Waals surface area (Å²) < 4.78 is 5.23. The number of aryl methyl sites for hydroxylation is 4. The Morgan fingerprint density at radius 2 is 0.955 bits per heavy atom. The number of nitrogens with zero attached hydrogens (tertiary/aromatic N) is 2. The average molecular weight is 420 g/mol. The number of rotatable bonds is 2. The first-order chi connectivity index (χ1) is 10.3. The standard InChI is InChI=1S/C18H18N2Se2/c1-9-11(3)21-13(5)17(9)15(7-19)16(8-20)18-10(2)12(4)22-14(18)6/h1-6H3/b16-15-. The van der Waals surface area contributed by atoms with Gasteiger partial charge >= 0.3 is 144 Å². The monoisotopic (exact) mass is 422 g/mol. The summed E-state index contributed by atoms with van der Waals surface area (Å²) in [5, 5.41) is 19.5. The second-order valence-corrected chi connectivity index (χ2v) is 11.4. The fourth-order valence-electron chi connectivity index (χ4n) is 2.80. The summed E-state index contributed by atoms with van der Waals surface area (Å²) in [7, 11) is 0. The molecule has 2 rings (SSSR count). The molecule has 2 aromatic heterocycles.